The summed E-state index contributed by atoms with van der Waals surface area (Å²) < 4.78 is 5.63. The second-order valence-corrected chi connectivity index (χ2v) is 6.61. The van der Waals surface area contributed by atoms with E-state index in [2.05, 4.69) is 47.8 Å². The van der Waals surface area contributed by atoms with Gasteiger partial charge in [-0.1, -0.05) is 6.07 Å². The minimum absolute atomic E-state index is 0.439. The summed E-state index contributed by atoms with van der Waals surface area (Å²) >= 11 is 1.82. The van der Waals surface area contributed by atoms with Crippen LogP contribution in [0.5, 0.6) is 0 Å². The maximum absolute atomic E-state index is 5.63. The number of rotatable bonds is 7. The minimum Gasteiger partial charge on any atom is -0.468 e. The zero-order valence-electron chi connectivity index (χ0n) is 12.1. The summed E-state index contributed by atoms with van der Waals surface area (Å²) in [6, 6.07) is 7.58. The largest absolute Gasteiger partial charge is 0.468 e. The lowest BCUT2D eigenvalue weighted by atomic mass is 10.2. The van der Waals surface area contributed by atoms with Crippen molar-refractivity contribution in [2.24, 2.45) is 0 Å². The van der Waals surface area contributed by atoms with Gasteiger partial charge >= 0.3 is 0 Å². The van der Waals surface area contributed by atoms with Crippen LogP contribution in [-0.4, -0.2) is 18.0 Å². The predicted molar refractivity (Wildman–Crippen MR) is 82.8 cm³/mol. The molecule has 0 aromatic carbocycles. The smallest absolute Gasteiger partial charge is 0.122 e. The van der Waals surface area contributed by atoms with E-state index in [-0.39, 0.29) is 0 Å². The van der Waals surface area contributed by atoms with Crippen molar-refractivity contribution in [3.63, 3.8) is 0 Å². The average Bonchev–Trinajstić information content (AvgIpc) is 2.94. The van der Waals surface area contributed by atoms with E-state index in [0.717, 1.165) is 24.9 Å². The van der Waals surface area contributed by atoms with Crippen molar-refractivity contribution in [1.29, 1.82) is 0 Å². The molecule has 1 aliphatic rings. The molecule has 3 rings (SSSR count). The van der Waals surface area contributed by atoms with E-state index in [9.17, 15) is 0 Å². The Hall–Kier alpha value is -1.10. The monoisotopic (exact) mass is 290 g/mol. The van der Waals surface area contributed by atoms with Crippen molar-refractivity contribution in [2.45, 2.75) is 44.9 Å². The van der Waals surface area contributed by atoms with E-state index < -0.39 is 0 Å². The van der Waals surface area contributed by atoms with Gasteiger partial charge in [0.1, 0.15) is 5.76 Å². The molecule has 1 N–H and O–H groups in total. The van der Waals surface area contributed by atoms with Gasteiger partial charge in [0.2, 0.25) is 0 Å². The molecule has 0 radical (unpaired) electrons. The number of nitrogens with zero attached hydrogens (tertiary/aromatic N) is 1. The van der Waals surface area contributed by atoms with Gasteiger partial charge in [0.25, 0.3) is 0 Å². The van der Waals surface area contributed by atoms with Gasteiger partial charge in [-0.2, -0.15) is 0 Å². The van der Waals surface area contributed by atoms with E-state index >= 15 is 0 Å². The van der Waals surface area contributed by atoms with Gasteiger partial charge in [-0.25, -0.2) is 0 Å². The maximum atomic E-state index is 5.63. The van der Waals surface area contributed by atoms with E-state index in [1.54, 1.807) is 0 Å². The van der Waals surface area contributed by atoms with Crippen LogP contribution in [0.1, 0.15) is 42.0 Å². The van der Waals surface area contributed by atoms with Crippen molar-refractivity contribution < 1.29 is 4.42 Å². The van der Waals surface area contributed by atoms with Gasteiger partial charge in [0.05, 0.1) is 12.8 Å². The number of thiophene rings is 1. The number of hydrogen-bond donors (Lipinski definition) is 1. The van der Waals surface area contributed by atoms with Crippen LogP contribution in [0.2, 0.25) is 0 Å². The van der Waals surface area contributed by atoms with Gasteiger partial charge in [-0.05, 0) is 44.3 Å². The van der Waals surface area contributed by atoms with E-state index in [0.29, 0.717) is 6.04 Å². The zero-order chi connectivity index (χ0) is 13.9. The van der Waals surface area contributed by atoms with E-state index in [4.69, 9.17) is 4.42 Å². The summed E-state index contributed by atoms with van der Waals surface area (Å²) in [5, 5.41) is 5.66. The third kappa shape index (κ3) is 3.32. The molecule has 108 valence electrons. The number of furan rings is 1. The van der Waals surface area contributed by atoms with Crippen LogP contribution < -0.4 is 5.32 Å². The summed E-state index contributed by atoms with van der Waals surface area (Å²) in [4.78, 5) is 3.78. The highest BCUT2D eigenvalue weighted by Gasteiger charge is 2.22. The normalized spacial score (nSPS) is 16.8. The highest BCUT2D eigenvalue weighted by atomic mass is 32.1. The fourth-order valence-corrected chi connectivity index (χ4v) is 3.19. The first kappa shape index (κ1) is 13.9. The lowest BCUT2D eigenvalue weighted by Crippen LogP contribution is -2.22. The SMILES string of the molecule is CC(c1cccs1)N(C)Cc1ccoc1CNC1CC1. The highest BCUT2D eigenvalue weighted by Crippen LogP contribution is 2.26. The topological polar surface area (TPSA) is 28.4 Å². The van der Waals surface area contributed by atoms with Gasteiger partial charge in [-0.3, -0.25) is 4.90 Å². The Morgan fingerprint density at radius 1 is 1.45 bits per heavy atom. The third-order valence-electron chi connectivity index (χ3n) is 4.00. The van der Waals surface area contributed by atoms with Gasteiger partial charge in [0.15, 0.2) is 0 Å². The molecule has 1 atom stereocenters. The molecule has 1 unspecified atom stereocenters. The standard InChI is InChI=1S/C16H22N2OS/c1-12(16-4-3-9-20-16)18(2)11-13-7-8-19-15(13)10-17-14-5-6-14/h3-4,7-9,12,14,17H,5-6,10-11H2,1-2H3. The molecule has 3 nitrogen and oxygen atoms in total. The first-order valence-electron chi connectivity index (χ1n) is 7.26. The Bertz CT molecular complexity index is 530. The Labute approximate surface area is 124 Å². The molecule has 2 aromatic rings. The van der Waals surface area contributed by atoms with Crippen molar-refractivity contribution in [3.05, 3.63) is 46.0 Å². The highest BCUT2D eigenvalue weighted by molar-refractivity contribution is 7.10. The third-order valence-corrected chi connectivity index (χ3v) is 5.04. The Morgan fingerprint density at radius 3 is 3.00 bits per heavy atom. The van der Waals surface area contributed by atoms with Crippen molar-refractivity contribution >= 4 is 11.3 Å². The zero-order valence-corrected chi connectivity index (χ0v) is 13.0. The maximum Gasteiger partial charge on any atom is 0.122 e. The van der Waals surface area contributed by atoms with Crippen molar-refractivity contribution in [1.82, 2.24) is 10.2 Å². The lowest BCUT2D eigenvalue weighted by molar-refractivity contribution is 0.254. The van der Waals surface area contributed by atoms with Crippen LogP contribution in [0.4, 0.5) is 0 Å². The van der Waals surface area contributed by atoms with Gasteiger partial charge in [0, 0.05) is 29.1 Å². The second-order valence-electron chi connectivity index (χ2n) is 5.63. The molecule has 0 aliphatic heterocycles. The Balaban J connectivity index is 1.60. The Morgan fingerprint density at radius 2 is 2.30 bits per heavy atom. The molecule has 0 spiro atoms. The average molecular weight is 290 g/mol. The van der Waals surface area contributed by atoms with Crippen molar-refractivity contribution in [3.8, 4) is 0 Å². The molecular formula is C16H22N2OS. The van der Waals surface area contributed by atoms with Crippen LogP contribution in [-0.2, 0) is 13.1 Å². The summed E-state index contributed by atoms with van der Waals surface area (Å²) in [6.07, 6.45) is 4.43. The quantitative estimate of drug-likeness (QED) is 0.841. The Kier molecular flexibility index (Phi) is 4.24. The van der Waals surface area contributed by atoms with Crippen LogP contribution in [0.25, 0.3) is 0 Å². The van der Waals surface area contributed by atoms with Gasteiger partial charge < -0.3 is 9.73 Å². The summed E-state index contributed by atoms with van der Waals surface area (Å²) in [5.74, 6) is 1.09. The number of nitrogens with one attached hydrogen (secondary N) is 1. The van der Waals surface area contributed by atoms with Crippen LogP contribution >= 0.6 is 11.3 Å². The molecule has 0 amide bonds. The molecule has 0 bridgehead atoms. The fourth-order valence-electron chi connectivity index (χ4n) is 2.34. The molecular weight excluding hydrogens is 268 g/mol. The summed E-state index contributed by atoms with van der Waals surface area (Å²) in [5.41, 5.74) is 1.30. The molecule has 1 aliphatic carbocycles. The second kappa shape index (κ2) is 6.12. The molecule has 2 heterocycles. The van der Waals surface area contributed by atoms with Crippen LogP contribution in [0, 0.1) is 0 Å². The molecule has 1 fully saturated rings. The molecule has 20 heavy (non-hydrogen) atoms. The molecule has 1 saturated carbocycles. The first-order chi connectivity index (χ1) is 9.74. The van der Waals surface area contributed by atoms with Crippen LogP contribution in [0.3, 0.4) is 0 Å². The molecule has 0 saturated heterocycles. The minimum atomic E-state index is 0.439. The summed E-state index contributed by atoms with van der Waals surface area (Å²) in [7, 11) is 2.18. The van der Waals surface area contributed by atoms with E-state index in [1.165, 1.54) is 23.3 Å². The molecule has 4 heteroatoms. The first-order valence-corrected chi connectivity index (χ1v) is 8.14. The van der Waals surface area contributed by atoms with Crippen LogP contribution in [0.15, 0.2) is 34.3 Å². The predicted octanol–water partition coefficient (Wildman–Crippen LogP) is 3.79. The van der Waals surface area contributed by atoms with Gasteiger partial charge in [-0.15, -0.1) is 11.3 Å². The summed E-state index contributed by atoms with van der Waals surface area (Å²) in [6.45, 7) is 4.04. The fraction of sp³-hybridized carbons (Fsp3) is 0.500. The van der Waals surface area contributed by atoms with Crippen molar-refractivity contribution in [2.75, 3.05) is 7.05 Å². The lowest BCUT2D eigenvalue weighted by Gasteiger charge is -2.23. The number of hydrogen-bond acceptors (Lipinski definition) is 4. The molecule has 2 aromatic heterocycles. The van der Waals surface area contributed by atoms with E-state index in [1.807, 2.05) is 17.6 Å².